The molecule has 108 valence electrons. The minimum atomic E-state index is 0.268. The maximum absolute atomic E-state index is 6.04. The molecule has 2 heterocycles. The number of benzene rings is 1. The van der Waals surface area contributed by atoms with Gasteiger partial charge in [-0.1, -0.05) is 30.3 Å². The number of anilines is 1. The molecule has 4 nitrogen and oxygen atoms in total. The van der Waals surface area contributed by atoms with Gasteiger partial charge in [0.05, 0.1) is 5.69 Å². The number of nitrogens with zero attached hydrogens (tertiary/aromatic N) is 3. The fourth-order valence-corrected chi connectivity index (χ4v) is 2.89. The topological polar surface area (TPSA) is 55.0 Å². The van der Waals surface area contributed by atoms with Crippen LogP contribution in [0.15, 0.2) is 36.4 Å². The summed E-state index contributed by atoms with van der Waals surface area (Å²) in [5.74, 6) is 2.61. The number of hydrogen-bond donors (Lipinski definition) is 1. The van der Waals surface area contributed by atoms with Crippen LogP contribution < -0.4 is 10.6 Å². The van der Waals surface area contributed by atoms with E-state index in [-0.39, 0.29) is 6.04 Å². The van der Waals surface area contributed by atoms with E-state index in [0.717, 1.165) is 42.4 Å². The highest BCUT2D eigenvalue weighted by Gasteiger charge is 2.29. The van der Waals surface area contributed by atoms with Crippen LogP contribution in [0.1, 0.15) is 31.0 Å². The third kappa shape index (κ3) is 2.63. The van der Waals surface area contributed by atoms with Gasteiger partial charge in [0.2, 0.25) is 0 Å². The second-order valence-electron chi connectivity index (χ2n) is 6.10. The first kappa shape index (κ1) is 12.8. The Balaban J connectivity index is 1.74. The summed E-state index contributed by atoms with van der Waals surface area (Å²) >= 11 is 0. The molecule has 1 aromatic carbocycles. The molecule has 21 heavy (non-hydrogen) atoms. The predicted molar refractivity (Wildman–Crippen MR) is 84.2 cm³/mol. The molecule has 1 aliphatic heterocycles. The molecule has 0 bridgehead atoms. The van der Waals surface area contributed by atoms with Crippen molar-refractivity contribution < 1.29 is 0 Å². The first-order chi connectivity index (χ1) is 10.3. The Morgan fingerprint density at radius 3 is 2.52 bits per heavy atom. The normalized spacial score (nSPS) is 21.8. The molecule has 1 saturated carbocycles. The average Bonchev–Trinajstić information content (AvgIpc) is 3.29. The minimum absolute atomic E-state index is 0.268. The van der Waals surface area contributed by atoms with Crippen molar-refractivity contribution >= 4 is 5.82 Å². The van der Waals surface area contributed by atoms with Crippen LogP contribution in [0.2, 0.25) is 0 Å². The molecule has 0 unspecified atom stereocenters. The van der Waals surface area contributed by atoms with E-state index in [9.17, 15) is 0 Å². The van der Waals surface area contributed by atoms with E-state index in [1.54, 1.807) is 0 Å². The fraction of sp³-hybridized carbons (Fsp3) is 0.412. The van der Waals surface area contributed by atoms with Gasteiger partial charge in [-0.15, -0.1) is 0 Å². The van der Waals surface area contributed by atoms with Crippen LogP contribution in [0.3, 0.4) is 0 Å². The quantitative estimate of drug-likeness (QED) is 0.939. The summed E-state index contributed by atoms with van der Waals surface area (Å²) in [6, 6.07) is 12.7. The zero-order valence-electron chi connectivity index (χ0n) is 12.1. The SMILES string of the molecule is N[C@@H]1CCN(c2cc(-c3ccccc3)nc(C3CC3)n2)C1. The van der Waals surface area contributed by atoms with Crippen molar-refractivity contribution in [2.24, 2.45) is 5.73 Å². The van der Waals surface area contributed by atoms with E-state index in [0.29, 0.717) is 5.92 Å². The molecular formula is C17H20N4. The van der Waals surface area contributed by atoms with E-state index >= 15 is 0 Å². The van der Waals surface area contributed by atoms with Crippen LogP contribution in [0, 0.1) is 0 Å². The molecule has 2 N–H and O–H groups in total. The third-order valence-corrected chi connectivity index (χ3v) is 4.29. The van der Waals surface area contributed by atoms with Gasteiger partial charge in [-0.3, -0.25) is 0 Å². The number of nitrogens with two attached hydrogens (primary N) is 1. The Morgan fingerprint density at radius 1 is 1.05 bits per heavy atom. The Labute approximate surface area is 125 Å². The van der Waals surface area contributed by atoms with Gasteiger partial charge in [0.15, 0.2) is 0 Å². The minimum Gasteiger partial charge on any atom is -0.355 e. The lowest BCUT2D eigenvalue weighted by molar-refractivity contribution is 0.751. The summed E-state index contributed by atoms with van der Waals surface area (Å²) in [6.07, 6.45) is 3.48. The number of hydrogen-bond acceptors (Lipinski definition) is 4. The molecule has 2 aromatic rings. The fourth-order valence-electron chi connectivity index (χ4n) is 2.89. The van der Waals surface area contributed by atoms with Crippen molar-refractivity contribution in [1.82, 2.24) is 9.97 Å². The summed E-state index contributed by atoms with van der Waals surface area (Å²) < 4.78 is 0. The van der Waals surface area contributed by atoms with Crippen molar-refractivity contribution in [3.05, 3.63) is 42.2 Å². The van der Waals surface area contributed by atoms with Gasteiger partial charge in [-0.05, 0) is 19.3 Å². The first-order valence-corrected chi connectivity index (χ1v) is 7.74. The van der Waals surface area contributed by atoms with Gasteiger partial charge in [-0.25, -0.2) is 9.97 Å². The van der Waals surface area contributed by atoms with E-state index < -0.39 is 0 Å². The van der Waals surface area contributed by atoms with E-state index in [1.165, 1.54) is 12.8 Å². The summed E-state index contributed by atoms with van der Waals surface area (Å²) in [5, 5.41) is 0. The average molecular weight is 280 g/mol. The summed E-state index contributed by atoms with van der Waals surface area (Å²) in [7, 11) is 0. The Bertz CT molecular complexity index is 636. The lowest BCUT2D eigenvalue weighted by atomic mass is 10.1. The Kier molecular flexibility index (Phi) is 3.11. The van der Waals surface area contributed by atoms with E-state index in [4.69, 9.17) is 15.7 Å². The summed E-state index contributed by atoms with van der Waals surface area (Å²) in [6.45, 7) is 1.89. The second-order valence-corrected chi connectivity index (χ2v) is 6.10. The van der Waals surface area contributed by atoms with E-state index in [2.05, 4.69) is 35.2 Å². The molecule has 4 heteroatoms. The van der Waals surface area contributed by atoms with Crippen LogP contribution in [0.5, 0.6) is 0 Å². The molecule has 1 atom stereocenters. The molecule has 0 spiro atoms. The standard InChI is InChI=1S/C17H20N4/c18-14-8-9-21(11-14)16-10-15(12-4-2-1-3-5-12)19-17(20-16)13-6-7-13/h1-5,10,13-14H,6-9,11,18H2/t14-/m1/s1. The largest absolute Gasteiger partial charge is 0.355 e. The molecule has 1 aromatic heterocycles. The second kappa shape index (κ2) is 5.11. The van der Waals surface area contributed by atoms with Crippen LogP contribution >= 0.6 is 0 Å². The van der Waals surface area contributed by atoms with Crippen molar-refractivity contribution in [2.75, 3.05) is 18.0 Å². The highest BCUT2D eigenvalue weighted by molar-refractivity contribution is 5.63. The van der Waals surface area contributed by atoms with Crippen molar-refractivity contribution in [3.63, 3.8) is 0 Å². The van der Waals surface area contributed by atoms with Gasteiger partial charge >= 0.3 is 0 Å². The van der Waals surface area contributed by atoms with Crippen molar-refractivity contribution in [1.29, 1.82) is 0 Å². The lowest BCUT2D eigenvalue weighted by Gasteiger charge is -2.18. The number of aromatic nitrogens is 2. The number of rotatable bonds is 3. The van der Waals surface area contributed by atoms with E-state index in [1.807, 2.05) is 6.07 Å². The summed E-state index contributed by atoms with van der Waals surface area (Å²) in [5.41, 5.74) is 8.23. The molecule has 2 fully saturated rings. The van der Waals surface area contributed by atoms with Crippen LogP contribution in [0.25, 0.3) is 11.3 Å². The molecule has 4 rings (SSSR count). The monoisotopic (exact) mass is 280 g/mol. The van der Waals surface area contributed by atoms with Gasteiger partial charge in [-0.2, -0.15) is 0 Å². The highest BCUT2D eigenvalue weighted by Crippen LogP contribution is 2.39. The maximum atomic E-state index is 6.04. The Morgan fingerprint density at radius 2 is 1.86 bits per heavy atom. The van der Waals surface area contributed by atoms with Gasteiger partial charge in [0, 0.05) is 36.7 Å². The highest BCUT2D eigenvalue weighted by atomic mass is 15.2. The molecule has 1 saturated heterocycles. The molecule has 0 radical (unpaired) electrons. The predicted octanol–water partition coefficient (Wildman–Crippen LogP) is 2.56. The van der Waals surface area contributed by atoms with Gasteiger partial charge in [0.1, 0.15) is 11.6 Å². The zero-order valence-corrected chi connectivity index (χ0v) is 12.1. The Hall–Kier alpha value is -1.94. The van der Waals surface area contributed by atoms with Crippen LogP contribution in [0.4, 0.5) is 5.82 Å². The first-order valence-electron chi connectivity index (χ1n) is 7.74. The molecule has 2 aliphatic rings. The van der Waals surface area contributed by atoms with Crippen molar-refractivity contribution in [3.8, 4) is 11.3 Å². The zero-order chi connectivity index (χ0) is 14.2. The lowest BCUT2D eigenvalue weighted by Crippen LogP contribution is -2.27. The maximum Gasteiger partial charge on any atom is 0.134 e. The molecule has 1 aliphatic carbocycles. The van der Waals surface area contributed by atoms with Crippen LogP contribution in [-0.2, 0) is 0 Å². The summed E-state index contributed by atoms with van der Waals surface area (Å²) in [4.78, 5) is 11.9. The smallest absolute Gasteiger partial charge is 0.134 e. The van der Waals surface area contributed by atoms with Crippen LogP contribution in [-0.4, -0.2) is 29.1 Å². The van der Waals surface area contributed by atoms with Gasteiger partial charge < -0.3 is 10.6 Å². The third-order valence-electron chi connectivity index (χ3n) is 4.29. The van der Waals surface area contributed by atoms with Crippen molar-refractivity contribution in [2.45, 2.75) is 31.2 Å². The molecular weight excluding hydrogens is 260 g/mol. The van der Waals surface area contributed by atoms with Gasteiger partial charge in [0.25, 0.3) is 0 Å². The molecule has 0 amide bonds.